The highest BCUT2D eigenvalue weighted by atomic mass is 15.2. The molecule has 1 saturated heterocycles. The molecule has 0 amide bonds. The minimum Gasteiger partial charge on any atom is -0.399 e. The zero-order chi connectivity index (χ0) is 15.1. The molecule has 3 heteroatoms. The number of benzene rings is 1. The number of hydrogen-bond donors (Lipinski definition) is 1. The zero-order valence-corrected chi connectivity index (χ0v) is 13.7. The zero-order valence-electron chi connectivity index (χ0n) is 13.7. The average molecular weight is 289 g/mol. The maximum Gasteiger partial charge on any atom is 0.0314 e. The summed E-state index contributed by atoms with van der Waals surface area (Å²) in [7, 11) is 2.29. The molecular formula is C18H31N3. The van der Waals surface area contributed by atoms with E-state index in [4.69, 9.17) is 5.73 Å². The van der Waals surface area contributed by atoms with Crippen molar-refractivity contribution in [3.63, 3.8) is 0 Å². The first-order valence-corrected chi connectivity index (χ1v) is 8.46. The lowest BCUT2D eigenvalue weighted by atomic mass is 10.00. The van der Waals surface area contributed by atoms with Crippen LogP contribution >= 0.6 is 0 Å². The first kappa shape index (κ1) is 16.3. The number of anilines is 1. The Balaban J connectivity index is 1.84. The van der Waals surface area contributed by atoms with Gasteiger partial charge in [-0.25, -0.2) is 0 Å². The summed E-state index contributed by atoms with van der Waals surface area (Å²) in [6.45, 7) is 6.97. The van der Waals surface area contributed by atoms with Crippen LogP contribution in [0.5, 0.6) is 0 Å². The Hall–Kier alpha value is -1.06. The summed E-state index contributed by atoms with van der Waals surface area (Å²) in [5, 5.41) is 0. The highest BCUT2D eigenvalue weighted by Crippen LogP contribution is 2.19. The normalized spacial score (nSPS) is 20.0. The highest BCUT2D eigenvalue weighted by molar-refractivity contribution is 5.39. The molecule has 1 heterocycles. The molecule has 1 aliphatic rings. The molecule has 0 saturated carbocycles. The lowest BCUT2D eigenvalue weighted by molar-refractivity contribution is 0.151. The molecule has 1 unspecified atom stereocenters. The molecule has 1 aromatic carbocycles. The van der Waals surface area contributed by atoms with E-state index in [2.05, 4.69) is 35.9 Å². The SMILES string of the molecule is CCCN(CCC1CCCCN1C)Cc1ccc(N)cc1. The molecule has 1 aliphatic heterocycles. The van der Waals surface area contributed by atoms with E-state index in [1.165, 1.54) is 57.3 Å². The topological polar surface area (TPSA) is 32.5 Å². The van der Waals surface area contributed by atoms with Crippen LogP contribution in [0, 0.1) is 0 Å². The molecule has 0 spiro atoms. The van der Waals surface area contributed by atoms with Crippen LogP contribution in [0.25, 0.3) is 0 Å². The number of hydrogen-bond acceptors (Lipinski definition) is 3. The van der Waals surface area contributed by atoms with Crippen molar-refractivity contribution >= 4 is 5.69 Å². The van der Waals surface area contributed by atoms with Gasteiger partial charge in [-0.1, -0.05) is 25.5 Å². The molecule has 118 valence electrons. The molecule has 1 aromatic rings. The van der Waals surface area contributed by atoms with E-state index in [0.29, 0.717) is 0 Å². The Labute approximate surface area is 130 Å². The molecular weight excluding hydrogens is 258 g/mol. The van der Waals surface area contributed by atoms with Crippen molar-refractivity contribution in [2.45, 2.75) is 51.6 Å². The van der Waals surface area contributed by atoms with Gasteiger partial charge in [-0.3, -0.25) is 4.90 Å². The van der Waals surface area contributed by atoms with Gasteiger partial charge in [0.05, 0.1) is 0 Å². The number of likely N-dealkylation sites (tertiary alicyclic amines) is 1. The van der Waals surface area contributed by atoms with Crippen LogP contribution in [0.4, 0.5) is 5.69 Å². The molecule has 0 aromatic heterocycles. The third-order valence-electron chi connectivity index (χ3n) is 4.63. The van der Waals surface area contributed by atoms with Gasteiger partial charge in [0.1, 0.15) is 0 Å². The van der Waals surface area contributed by atoms with Gasteiger partial charge in [-0.15, -0.1) is 0 Å². The smallest absolute Gasteiger partial charge is 0.0314 e. The summed E-state index contributed by atoms with van der Waals surface area (Å²) in [5.41, 5.74) is 7.99. The van der Waals surface area contributed by atoms with Crippen molar-refractivity contribution in [2.75, 3.05) is 32.4 Å². The fourth-order valence-corrected chi connectivity index (χ4v) is 3.31. The molecule has 3 nitrogen and oxygen atoms in total. The predicted octanol–water partition coefficient (Wildman–Crippen LogP) is 3.36. The van der Waals surface area contributed by atoms with Crippen LogP contribution in [0.1, 0.15) is 44.6 Å². The minimum atomic E-state index is 0.782. The first-order valence-electron chi connectivity index (χ1n) is 8.46. The van der Waals surface area contributed by atoms with Crippen LogP contribution in [0.3, 0.4) is 0 Å². The second-order valence-corrected chi connectivity index (χ2v) is 6.44. The van der Waals surface area contributed by atoms with Gasteiger partial charge in [-0.2, -0.15) is 0 Å². The van der Waals surface area contributed by atoms with E-state index in [1.807, 2.05) is 12.1 Å². The molecule has 2 N–H and O–H groups in total. The molecule has 0 aliphatic carbocycles. The summed E-state index contributed by atoms with van der Waals surface area (Å²) in [6.07, 6.45) is 6.66. The van der Waals surface area contributed by atoms with Gasteiger partial charge in [-0.05, 0) is 70.1 Å². The number of nitrogens with two attached hydrogens (primary N) is 1. The largest absolute Gasteiger partial charge is 0.399 e. The van der Waals surface area contributed by atoms with Gasteiger partial charge in [0.2, 0.25) is 0 Å². The monoisotopic (exact) mass is 289 g/mol. The van der Waals surface area contributed by atoms with Crippen LogP contribution in [-0.4, -0.2) is 42.5 Å². The lowest BCUT2D eigenvalue weighted by Gasteiger charge is -2.34. The van der Waals surface area contributed by atoms with Crippen molar-refractivity contribution in [1.29, 1.82) is 0 Å². The second-order valence-electron chi connectivity index (χ2n) is 6.44. The number of nitrogens with zero attached hydrogens (tertiary/aromatic N) is 2. The van der Waals surface area contributed by atoms with Gasteiger partial charge in [0.15, 0.2) is 0 Å². The van der Waals surface area contributed by atoms with E-state index < -0.39 is 0 Å². The molecule has 0 bridgehead atoms. The Morgan fingerprint density at radius 1 is 1.19 bits per heavy atom. The standard InChI is InChI=1S/C18H31N3/c1-3-12-21(15-16-7-9-17(19)10-8-16)14-11-18-6-4-5-13-20(18)2/h7-10,18H,3-6,11-15,19H2,1-2H3. The van der Waals surface area contributed by atoms with Crippen LogP contribution < -0.4 is 5.73 Å². The molecule has 0 radical (unpaired) electrons. The van der Waals surface area contributed by atoms with Gasteiger partial charge >= 0.3 is 0 Å². The van der Waals surface area contributed by atoms with Crippen molar-refractivity contribution in [2.24, 2.45) is 0 Å². The maximum atomic E-state index is 5.77. The van der Waals surface area contributed by atoms with Crippen molar-refractivity contribution in [3.8, 4) is 0 Å². The van der Waals surface area contributed by atoms with Gasteiger partial charge in [0, 0.05) is 18.3 Å². The highest BCUT2D eigenvalue weighted by Gasteiger charge is 2.19. The second kappa shape index (κ2) is 8.40. The van der Waals surface area contributed by atoms with E-state index in [-0.39, 0.29) is 0 Å². The summed E-state index contributed by atoms with van der Waals surface area (Å²) in [5.74, 6) is 0. The third-order valence-corrected chi connectivity index (χ3v) is 4.63. The third kappa shape index (κ3) is 5.33. The Kier molecular flexibility index (Phi) is 6.52. The first-order chi connectivity index (χ1) is 10.2. The Morgan fingerprint density at radius 2 is 1.95 bits per heavy atom. The minimum absolute atomic E-state index is 0.782. The van der Waals surface area contributed by atoms with E-state index in [0.717, 1.165) is 18.3 Å². The van der Waals surface area contributed by atoms with Gasteiger partial charge in [0.25, 0.3) is 0 Å². The summed E-state index contributed by atoms with van der Waals surface area (Å²) in [4.78, 5) is 5.14. The number of rotatable bonds is 7. The molecule has 1 fully saturated rings. The Bertz CT molecular complexity index is 401. The summed E-state index contributed by atoms with van der Waals surface area (Å²) in [6, 6.07) is 9.11. The number of piperidine rings is 1. The number of nitrogen functional groups attached to an aromatic ring is 1. The van der Waals surface area contributed by atoms with E-state index in [1.54, 1.807) is 0 Å². The lowest BCUT2D eigenvalue weighted by Crippen LogP contribution is -2.39. The molecule has 1 atom stereocenters. The Morgan fingerprint density at radius 3 is 2.62 bits per heavy atom. The maximum absolute atomic E-state index is 5.77. The van der Waals surface area contributed by atoms with Crippen molar-refractivity contribution in [1.82, 2.24) is 9.80 Å². The molecule has 2 rings (SSSR count). The van der Waals surface area contributed by atoms with E-state index >= 15 is 0 Å². The summed E-state index contributed by atoms with van der Waals surface area (Å²) >= 11 is 0. The van der Waals surface area contributed by atoms with Crippen LogP contribution in [0.2, 0.25) is 0 Å². The fourth-order valence-electron chi connectivity index (χ4n) is 3.31. The van der Waals surface area contributed by atoms with Crippen molar-refractivity contribution < 1.29 is 0 Å². The quantitative estimate of drug-likeness (QED) is 0.781. The predicted molar refractivity (Wildman–Crippen MR) is 91.3 cm³/mol. The molecule has 21 heavy (non-hydrogen) atoms. The fraction of sp³-hybridized carbons (Fsp3) is 0.667. The summed E-state index contributed by atoms with van der Waals surface area (Å²) < 4.78 is 0. The van der Waals surface area contributed by atoms with Crippen molar-refractivity contribution in [3.05, 3.63) is 29.8 Å². The van der Waals surface area contributed by atoms with E-state index in [9.17, 15) is 0 Å². The van der Waals surface area contributed by atoms with Crippen LogP contribution in [0.15, 0.2) is 24.3 Å². The van der Waals surface area contributed by atoms with Crippen LogP contribution in [-0.2, 0) is 6.54 Å². The van der Waals surface area contributed by atoms with Gasteiger partial charge < -0.3 is 10.6 Å². The average Bonchev–Trinajstić information content (AvgIpc) is 2.49.